The predicted molar refractivity (Wildman–Crippen MR) is 72.9 cm³/mol. The van der Waals surface area contributed by atoms with Gasteiger partial charge in [0.25, 0.3) is 5.56 Å². The summed E-state index contributed by atoms with van der Waals surface area (Å²) in [6.07, 6.45) is 7.14. The van der Waals surface area contributed by atoms with Crippen molar-refractivity contribution in [2.75, 3.05) is 0 Å². The first-order valence-corrected chi connectivity index (χ1v) is 6.15. The zero-order valence-corrected chi connectivity index (χ0v) is 11.1. The maximum absolute atomic E-state index is 11.9. The third kappa shape index (κ3) is 1.76. The highest BCUT2D eigenvalue weighted by Gasteiger charge is 2.15. The van der Waals surface area contributed by atoms with Crippen molar-refractivity contribution in [3.8, 4) is 11.1 Å². The molecule has 0 atom stereocenters. The monoisotopic (exact) mass is 257 g/mol. The first-order chi connectivity index (χ1) is 9.08. The van der Waals surface area contributed by atoms with Crippen molar-refractivity contribution in [2.24, 2.45) is 7.05 Å². The van der Waals surface area contributed by atoms with Crippen LogP contribution in [0.15, 0.2) is 29.7 Å². The fourth-order valence-electron chi connectivity index (χ4n) is 2.24. The van der Waals surface area contributed by atoms with Gasteiger partial charge >= 0.3 is 0 Å². The molecule has 3 rings (SSSR count). The van der Waals surface area contributed by atoms with Crippen LogP contribution in [0.5, 0.6) is 0 Å². The minimum absolute atomic E-state index is 0.165. The zero-order chi connectivity index (χ0) is 13.6. The van der Waals surface area contributed by atoms with Gasteiger partial charge in [0.15, 0.2) is 5.52 Å². The van der Waals surface area contributed by atoms with Crippen LogP contribution in [0.2, 0.25) is 0 Å². The molecule has 6 nitrogen and oxygen atoms in total. The number of nitrogens with zero attached hydrogens (tertiary/aromatic N) is 4. The number of hydrogen-bond donors (Lipinski definition) is 1. The molecule has 0 fully saturated rings. The molecule has 0 aliphatic carbocycles. The van der Waals surface area contributed by atoms with Crippen LogP contribution in [0.1, 0.15) is 19.9 Å². The van der Waals surface area contributed by atoms with Crippen molar-refractivity contribution in [3.05, 3.63) is 35.3 Å². The summed E-state index contributed by atoms with van der Waals surface area (Å²) >= 11 is 0. The van der Waals surface area contributed by atoms with E-state index in [0.29, 0.717) is 5.52 Å². The van der Waals surface area contributed by atoms with Crippen molar-refractivity contribution in [1.82, 2.24) is 24.3 Å². The Morgan fingerprint density at radius 1 is 1.37 bits per heavy atom. The number of rotatable bonds is 2. The molecular formula is C13H15N5O. The topological polar surface area (TPSA) is 68.5 Å². The molecule has 19 heavy (non-hydrogen) atoms. The largest absolute Gasteiger partial charge is 0.327 e. The molecule has 0 aromatic carbocycles. The average Bonchev–Trinajstić information content (AvgIpc) is 2.96. The van der Waals surface area contributed by atoms with Gasteiger partial charge in [-0.1, -0.05) is 0 Å². The van der Waals surface area contributed by atoms with E-state index in [-0.39, 0.29) is 11.6 Å². The third-order valence-electron chi connectivity index (χ3n) is 3.18. The van der Waals surface area contributed by atoms with E-state index in [4.69, 9.17) is 0 Å². The summed E-state index contributed by atoms with van der Waals surface area (Å²) in [4.78, 5) is 18.8. The van der Waals surface area contributed by atoms with E-state index in [1.807, 2.05) is 17.8 Å². The molecule has 0 aliphatic rings. The number of nitrogens with one attached hydrogen (secondary N) is 1. The summed E-state index contributed by atoms with van der Waals surface area (Å²) in [6.45, 7) is 4.13. The highest BCUT2D eigenvalue weighted by atomic mass is 16.1. The minimum atomic E-state index is -0.165. The first-order valence-electron chi connectivity index (χ1n) is 6.15. The van der Waals surface area contributed by atoms with Gasteiger partial charge in [-0.25, -0.2) is 4.98 Å². The van der Waals surface area contributed by atoms with Crippen LogP contribution in [-0.2, 0) is 7.05 Å². The predicted octanol–water partition coefficient (Wildman–Crippen LogP) is 1.71. The lowest BCUT2D eigenvalue weighted by atomic mass is 10.1. The summed E-state index contributed by atoms with van der Waals surface area (Å²) in [6, 6.07) is 0.238. The maximum Gasteiger partial charge on any atom is 0.276 e. The van der Waals surface area contributed by atoms with Crippen LogP contribution in [-0.4, -0.2) is 24.3 Å². The second-order valence-corrected chi connectivity index (χ2v) is 4.88. The molecule has 3 heterocycles. The number of hydrogen-bond acceptors (Lipinski definition) is 3. The van der Waals surface area contributed by atoms with E-state index < -0.39 is 0 Å². The number of aromatic amines is 1. The number of pyridine rings is 1. The number of H-pyrrole nitrogens is 1. The van der Waals surface area contributed by atoms with E-state index in [1.165, 1.54) is 0 Å². The van der Waals surface area contributed by atoms with Gasteiger partial charge in [0, 0.05) is 36.6 Å². The molecule has 3 aromatic heterocycles. The van der Waals surface area contributed by atoms with Crippen LogP contribution < -0.4 is 5.56 Å². The molecule has 0 unspecified atom stereocenters. The van der Waals surface area contributed by atoms with Gasteiger partial charge in [0.1, 0.15) is 0 Å². The van der Waals surface area contributed by atoms with Crippen LogP contribution >= 0.6 is 0 Å². The van der Waals surface area contributed by atoms with E-state index in [0.717, 1.165) is 16.6 Å². The molecule has 6 heteroatoms. The fraction of sp³-hybridized carbons (Fsp3) is 0.308. The Labute approximate surface area is 109 Å². The Morgan fingerprint density at radius 2 is 2.16 bits per heavy atom. The number of aromatic nitrogens is 5. The third-order valence-corrected chi connectivity index (χ3v) is 3.18. The molecule has 0 radical (unpaired) electrons. The van der Waals surface area contributed by atoms with Gasteiger partial charge in [-0.2, -0.15) is 5.10 Å². The minimum Gasteiger partial charge on any atom is -0.327 e. The van der Waals surface area contributed by atoms with Gasteiger partial charge in [-0.3, -0.25) is 9.48 Å². The lowest BCUT2D eigenvalue weighted by molar-refractivity contribution is 0.618. The Kier molecular flexibility index (Phi) is 2.51. The normalized spacial score (nSPS) is 11.6. The summed E-state index contributed by atoms with van der Waals surface area (Å²) in [5.41, 5.74) is 3.06. The number of aryl methyl sites for hydroxylation is 1. The van der Waals surface area contributed by atoms with Gasteiger partial charge in [0.05, 0.1) is 18.0 Å². The Balaban J connectivity index is 2.39. The summed E-state index contributed by atoms with van der Waals surface area (Å²) in [5, 5.41) is 4.18. The Morgan fingerprint density at radius 3 is 2.79 bits per heavy atom. The van der Waals surface area contributed by atoms with Crippen molar-refractivity contribution in [3.63, 3.8) is 0 Å². The van der Waals surface area contributed by atoms with Crippen molar-refractivity contribution in [1.29, 1.82) is 0 Å². The van der Waals surface area contributed by atoms with Crippen LogP contribution in [0.25, 0.3) is 22.2 Å². The smallest absolute Gasteiger partial charge is 0.276 e. The standard InChI is InChI=1S/C13H15N5O/c1-8(2)18-7-15-11-12(18)10(5-14-13(11)19)9-4-16-17(3)6-9/h4-8H,1-3H3,(H,14,19). The van der Waals surface area contributed by atoms with Crippen LogP contribution in [0.3, 0.4) is 0 Å². The van der Waals surface area contributed by atoms with Crippen molar-refractivity contribution < 1.29 is 0 Å². The van der Waals surface area contributed by atoms with Gasteiger partial charge in [0.2, 0.25) is 0 Å². The lowest BCUT2D eigenvalue weighted by Gasteiger charge is -2.10. The Bertz CT molecular complexity index is 793. The fourth-order valence-corrected chi connectivity index (χ4v) is 2.24. The summed E-state index contributed by atoms with van der Waals surface area (Å²) in [5.74, 6) is 0. The molecule has 0 aliphatic heterocycles. The molecule has 1 N–H and O–H groups in total. The van der Waals surface area contributed by atoms with Gasteiger partial charge in [-0.05, 0) is 13.8 Å². The summed E-state index contributed by atoms with van der Waals surface area (Å²) < 4.78 is 3.75. The molecule has 0 bridgehead atoms. The van der Waals surface area contributed by atoms with Crippen molar-refractivity contribution in [2.45, 2.75) is 19.9 Å². The SMILES string of the molecule is CC(C)n1cnc2c(=O)[nH]cc(-c3cnn(C)c3)c21. The van der Waals surface area contributed by atoms with E-state index in [2.05, 4.69) is 28.9 Å². The first kappa shape index (κ1) is 11.7. The molecule has 0 spiro atoms. The highest BCUT2D eigenvalue weighted by Crippen LogP contribution is 2.27. The zero-order valence-electron chi connectivity index (χ0n) is 11.1. The molecular weight excluding hydrogens is 242 g/mol. The van der Waals surface area contributed by atoms with Crippen LogP contribution in [0, 0.1) is 0 Å². The van der Waals surface area contributed by atoms with Crippen LogP contribution in [0.4, 0.5) is 0 Å². The summed E-state index contributed by atoms with van der Waals surface area (Å²) in [7, 11) is 1.87. The van der Waals surface area contributed by atoms with Crippen molar-refractivity contribution >= 4 is 11.0 Å². The lowest BCUT2D eigenvalue weighted by Crippen LogP contribution is -2.08. The second kappa shape index (κ2) is 4.08. The molecule has 3 aromatic rings. The second-order valence-electron chi connectivity index (χ2n) is 4.88. The quantitative estimate of drug-likeness (QED) is 0.759. The average molecular weight is 257 g/mol. The van der Waals surface area contributed by atoms with E-state index >= 15 is 0 Å². The van der Waals surface area contributed by atoms with E-state index in [1.54, 1.807) is 23.4 Å². The van der Waals surface area contributed by atoms with Gasteiger partial charge < -0.3 is 9.55 Å². The molecule has 0 amide bonds. The molecule has 0 saturated heterocycles. The molecule has 98 valence electrons. The molecule has 0 saturated carbocycles. The van der Waals surface area contributed by atoms with Gasteiger partial charge in [-0.15, -0.1) is 0 Å². The Hall–Kier alpha value is -2.37. The number of fused-ring (bicyclic) bond motifs is 1. The highest BCUT2D eigenvalue weighted by molar-refractivity contribution is 5.90. The number of imidazole rings is 1. The maximum atomic E-state index is 11.9. The van der Waals surface area contributed by atoms with E-state index in [9.17, 15) is 4.79 Å².